The molecule has 9 heteroatoms. The van der Waals surface area contributed by atoms with Crippen molar-refractivity contribution in [2.45, 2.75) is 17.7 Å². The smallest absolute Gasteiger partial charge is 0.252 e. The van der Waals surface area contributed by atoms with Crippen LogP contribution < -0.4 is 0 Å². The first kappa shape index (κ1) is 18.4. The van der Waals surface area contributed by atoms with Crippen LogP contribution in [0.15, 0.2) is 33.9 Å². The molecule has 0 atom stereocenters. The molecule has 0 aromatic carbocycles. The molecule has 126 valence electrons. The van der Waals surface area contributed by atoms with E-state index in [1.807, 2.05) is 24.4 Å². The number of halogens is 1. The van der Waals surface area contributed by atoms with E-state index in [-0.39, 0.29) is 16.7 Å². The molecular formula is C14H17ClN2O3S3. The minimum absolute atomic E-state index is 0.138. The number of amides is 1. The van der Waals surface area contributed by atoms with Crippen molar-refractivity contribution in [2.24, 2.45) is 0 Å². The molecule has 0 aliphatic carbocycles. The van der Waals surface area contributed by atoms with Gasteiger partial charge in [-0.15, -0.1) is 22.7 Å². The summed E-state index contributed by atoms with van der Waals surface area (Å²) in [7, 11) is -2.29. The van der Waals surface area contributed by atoms with Crippen LogP contribution in [0.25, 0.3) is 0 Å². The second-order valence-electron chi connectivity index (χ2n) is 4.81. The summed E-state index contributed by atoms with van der Waals surface area (Å²) >= 11 is 8.34. The van der Waals surface area contributed by atoms with Gasteiger partial charge in [0, 0.05) is 18.5 Å². The molecule has 0 saturated heterocycles. The Morgan fingerprint density at radius 2 is 2.04 bits per heavy atom. The summed E-state index contributed by atoms with van der Waals surface area (Å²) in [6, 6.07) is 6.86. The standard InChI is InChI=1S/C14H17ClN2O3S3/c1-3-17(9-11-5-4-8-21-11)13(18)10-16(2)23(19,20)14-7-6-12(15)22-14/h4-8H,3,9-10H2,1-2H3. The Morgan fingerprint density at radius 1 is 1.30 bits per heavy atom. The predicted molar refractivity (Wildman–Crippen MR) is 94.6 cm³/mol. The van der Waals surface area contributed by atoms with Gasteiger partial charge in [-0.2, -0.15) is 4.31 Å². The number of sulfonamides is 1. The number of rotatable bonds is 7. The molecule has 2 rings (SSSR count). The largest absolute Gasteiger partial charge is 0.337 e. The van der Waals surface area contributed by atoms with Crippen LogP contribution in [0.4, 0.5) is 0 Å². The van der Waals surface area contributed by atoms with E-state index in [4.69, 9.17) is 11.6 Å². The topological polar surface area (TPSA) is 57.7 Å². The van der Waals surface area contributed by atoms with Crippen molar-refractivity contribution in [3.63, 3.8) is 0 Å². The van der Waals surface area contributed by atoms with Crippen LogP contribution >= 0.6 is 34.3 Å². The van der Waals surface area contributed by atoms with E-state index >= 15 is 0 Å². The first-order chi connectivity index (χ1) is 10.8. The zero-order valence-electron chi connectivity index (χ0n) is 12.7. The normalized spacial score (nSPS) is 11.8. The lowest BCUT2D eigenvalue weighted by Gasteiger charge is -2.23. The van der Waals surface area contributed by atoms with Gasteiger partial charge in [-0.1, -0.05) is 17.7 Å². The van der Waals surface area contributed by atoms with Gasteiger partial charge in [0.15, 0.2) is 0 Å². The number of carbonyl (C=O) groups is 1. The summed E-state index contributed by atoms with van der Waals surface area (Å²) in [5.74, 6) is -0.227. The maximum absolute atomic E-state index is 12.4. The van der Waals surface area contributed by atoms with Crippen LogP contribution in [0.2, 0.25) is 4.34 Å². The van der Waals surface area contributed by atoms with Gasteiger partial charge in [0.25, 0.3) is 10.0 Å². The zero-order valence-corrected chi connectivity index (χ0v) is 15.9. The van der Waals surface area contributed by atoms with Gasteiger partial charge >= 0.3 is 0 Å². The average molecular weight is 393 g/mol. The van der Waals surface area contributed by atoms with Gasteiger partial charge in [0.2, 0.25) is 5.91 Å². The SMILES string of the molecule is CCN(Cc1cccs1)C(=O)CN(C)S(=O)(=O)c1ccc(Cl)s1. The van der Waals surface area contributed by atoms with Crippen LogP contribution in [0.1, 0.15) is 11.8 Å². The van der Waals surface area contributed by atoms with Crippen molar-refractivity contribution in [1.29, 1.82) is 0 Å². The van der Waals surface area contributed by atoms with Crippen molar-refractivity contribution in [3.05, 3.63) is 38.9 Å². The molecule has 0 aliphatic rings. The van der Waals surface area contributed by atoms with Crippen LogP contribution in [0, 0.1) is 0 Å². The molecule has 5 nitrogen and oxygen atoms in total. The fourth-order valence-corrected chi connectivity index (χ4v) is 5.47. The predicted octanol–water partition coefficient (Wildman–Crippen LogP) is 3.13. The molecule has 0 unspecified atom stereocenters. The highest BCUT2D eigenvalue weighted by atomic mass is 35.5. The molecule has 0 aliphatic heterocycles. The van der Waals surface area contributed by atoms with E-state index in [1.54, 1.807) is 16.2 Å². The number of thiophene rings is 2. The first-order valence-corrected chi connectivity index (χ1v) is 10.4. The summed E-state index contributed by atoms with van der Waals surface area (Å²) in [6.45, 7) is 2.69. The Balaban J connectivity index is 2.05. The minimum atomic E-state index is -3.69. The van der Waals surface area contributed by atoms with Crippen LogP contribution in [-0.2, 0) is 21.4 Å². The molecule has 1 amide bonds. The quantitative estimate of drug-likeness (QED) is 0.727. The Kier molecular flexibility index (Phi) is 6.21. The minimum Gasteiger partial charge on any atom is -0.337 e. The van der Waals surface area contributed by atoms with Gasteiger partial charge in [0.1, 0.15) is 4.21 Å². The van der Waals surface area contributed by atoms with E-state index in [0.29, 0.717) is 17.4 Å². The Morgan fingerprint density at radius 3 is 2.57 bits per heavy atom. The molecule has 0 spiro atoms. The van der Waals surface area contributed by atoms with E-state index in [0.717, 1.165) is 20.5 Å². The van der Waals surface area contributed by atoms with Gasteiger partial charge in [-0.05, 0) is 30.5 Å². The van der Waals surface area contributed by atoms with Gasteiger partial charge in [-0.25, -0.2) is 8.42 Å². The summed E-state index contributed by atoms with van der Waals surface area (Å²) in [5, 5.41) is 1.95. The highest BCUT2D eigenvalue weighted by Gasteiger charge is 2.26. The highest BCUT2D eigenvalue weighted by Crippen LogP contribution is 2.27. The molecular weight excluding hydrogens is 376 g/mol. The maximum Gasteiger partial charge on any atom is 0.252 e. The summed E-state index contributed by atoms with van der Waals surface area (Å²) in [4.78, 5) is 15.1. The lowest BCUT2D eigenvalue weighted by molar-refractivity contribution is -0.131. The molecule has 23 heavy (non-hydrogen) atoms. The monoisotopic (exact) mass is 392 g/mol. The van der Waals surface area contributed by atoms with E-state index in [9.17, 15) is 13.2 Å². The van der Waals surface area contributed by atoms with Crippen LogP contribution in [-0.4, -0.2) is 43.7 Å². The molecule has 0 fully saturated rings. The third-order valence-electron chi connectivity index (χ3n) is 3.23. The number of carbonyl (C=O) groups excluding carboxylic acids is 1. The Labute approximate surface area is 149 Å². The third kappa shape index (κ3) is 4.54. The summed E-state index contributed by atoms with van der Waals surface area (Å²) < 4.78 is 26.4. The van der Waals surface area contributed by atoms with Gasteiger partial charge in [0.05, 0.1) is 17.4 Å². The number of hydrogen-bond donors (Lipinski definition) is 0. The van der Waals surface area contributed by atoms with E-state index < -0.39 is 10.0 Å². The number of likely N-dealkylation sites (N-methyl/N-ethyl adjacent to an activating group) is 2. The third-order valence-corrected chi connectivity index (χ3v) is 7.60. The number of nitrogens with zero attached hydrogens (tertiary/aromatic N) is 2. The maximum atomic E-state index is 12.4. The molecule has 2 aromatic heterocycles. The van der Waals surface area contributed by atoms with E-state index in [2.05, 4.69) is 0 Å². The molecule has 0 N–H and O–H groups in total. The molecule has 2 aromatic rings. The summed E-state index contributed by atoms with van der Waals surface area (Å²) in [6.07, 6.45) is 0. The highest BCUT2D eigenvalue weighted by molar-refractivity contribution is 7.91. The fraction of sp³-hybridized carbons (Fsp3) is 0.357. The summed E-state index contributed by atoms with van der Waals surface area (Å²) in [5.41, 5.74) is 0. The number of hydrogen-bond acceptors (Lipinski definition) is 5. The van der Waals surface area contributed by atoms with Gasteiger partial charge < -0.3 is 4.90 Å². The lowest BCUT2D eigenvalue weighted by Crippen LogP contribution is -2.40. The van der Waals surface area contributed by atoms with Crippen molar-refractivity contribution in [1.82, 2.24) is 9.21 Å². The van der Waals surface area contributed by atoms with Crippen molar-refractivity contribution < 1.29 is 13.2 Å². The van der Waals surface area contributed by atoms with E-state index in [1.165, 1.54) is 19.2 Å². The van der Waals surface area contributed by atoms with Crippen molar-refractivity contribution >= 4 is 50.2 Å². The molecule has 0 radical (unpaired) electrons. The lowest BCUT2D eigenvalue weighted by atomic mass is 10.4. The van der Waals surface area contributed by atoms with Gasteiger partial charge in [-0.3, -0.25) is 4.79 Å². The molecule has 0 bridgehead atoms. The van der Waals surface area contributed by atoms with Crippen molar-refractivity contribution in [3.8, 4) is 0 Å². The zero-order chi connectivity index (χ0) is 17.0. The Hall–Kier alpha value is -0.930. The Bertz CT molecular complexity index is 756. The molecule has 2 heterocycles. The first-order valence-electron chi connectivity index (χ1n) is 6.86. The average Bonchev–Trinajstić information content (AvgIpc) is 3.15. The van der Waals surface area contributed by atoms with Crippen LogP contribution in [0.5, 0.6) is 0 Å². The van der Waals surface area contributed by atoms with Crippen molar-refractivity contribution in [2.75, 3.05) is 20.1 Å². The second kappa shape index (κ2) is 7.76. The molecule has 0 saturated carbocycles. The van der Waals surface area contributed by atoms with Crippen LogP contribution in [0.3, 0.4) is 0 Å². The fourth-order valence-electron chi connectivity index (χ4n) is 1.93. The second-order valence-corrected chi connectivity index (χ2v) is 9.83.